The molecule has 2 heteroatoms. The standard InChI is InChI=1S/C24H19NO/c26-24(21-13-7-12-20(16-21)18-8-2-1-3-9-18)25-17-22-14-6-11-19-10-4-5-15-23(19)22/h1-16H,17H2,(H,25,26). The number of hydrogen-bond donors (Lipinski definition) is 1. The fraction of sp³-hybridized carbons (Fsp3) is 0.0417. The van der Waals surface area contributed by atoms with Gasteiger partial charge in [0.2, 0.25) is 0 Å². The lowest BCUT2D eigenvalue weighted by Gasteiger charge is -2.09. The Morgan fingerprint density at radius 1 is 0.692 bits per heavy atom. The fourth-order valence-electron chi connectivity index (χ4n) is 3.19. The number of nitrogens with one attached hydrogen (secondary N) is 1. The summed E-state index contributed by atoms with van der Waals surface area (Å²) < 4.78 is 0. The minimum atomic E-state index is -0.0595. The van der Waals surface area contributed by atoms with Crippen LogP contribution in [0, 0.1) is 0 Å². The average molecular weight is 337 g/mol. The number of carbonyl (C=O) groups is 1. The lowest BCUT2D eigenvalue weighted by molar-refractivity contribution is 0.0951. The van der Waals surface area contributed by atoms with Gasteiger partial charge < -0.3 is 5.32 Å². The molecule has 0 aliphatic heterocycles. The van der Waals surface area contributed by atoms with Crippen LogP contribution in [-0.2, 0) is 6.54 Å². The zero-order chi connectivity index (χ0) is 17.8. The van der Waals surface area contributed by atoms with Crippen LogP contribution < -0.4 is 5.32 Å². The number of benzene rings is 4. The third-order valence-electron chi connectivity index (χ3n) is 4.55. The summed E-state index contributed by atoms with van der Waals surface area (Å²) >= 11 is 0. The molecular formula is C24H19NO. The monoisotopic (exact) mass is 337 g/mol. The molecule has 0 bridgehead atoms. The van der Waals surface area contributed by atoms with Crippen molar-refractivity contribution in [3.8, 4) is 11.1 Å². The van der Waals surface area contributed by atoms with Crippen molar-refractivity contribution >= 4 is 16.7 Å². The number of rotatable bonds is 4. The maximum Gasteiger partial charge on any atom is 0.251 e. The Morgan fingerprint density at radius 3 is 2.27 bits per heavy atom. The third-order valence-corrected chi connectivity index (χ3v) is 4.55. The van der Waals surface area contributed by atoms with E-state index >= 15 is 0 Å². The molecule has 4 aromatic carbocycles. The highest BCUT2D eigenvalue weighted by Crippen LogP contribution is 2.21. The Hall–Kier alpha value is -3.39. The minimum Gasteiger partial charge on any atom is -0.348 e. The van der Waals surface area contributed by atoms with E-state index in [9.17, 15) is 4.79 Å². The summed E-state index contributed by atoms with van der Waals surface area (Å²) in [5.41, 5.74) is 3.95. The lowest BCUT2D eigenvalue weighted by atomic mass is 10.0. The van der Waals surface area contributed by atoms with Gasteiger partial charge in [0.05, 0.1) is 0 Å². The van der Waals surface area contributed by atoms with E-state index in [2.05, 4.69) is 29.6 Å². The molecule has 0 unspecified atom stereocenters. The van der Waals surface area contributed by atoms with E-state index in [1.54, 1.807) is 0 Å². The summed E-state index contributed by atoms with van der Waals surface area (Å²) in [7, 11) is 0. The van der Waals surface area contributed by atoms with E-state index in [-0.39, 0.29) is 5.91 Å². The second-order valence-electron chi connectivity index (χ2n) is 6.27. The zero-order valence-electron chi connectivity index (χ0n) is 14.4. The molecule has 26 heavy (non-hydrogen) atoms. The van der Waals surface area contributed by atoms with Crippen LogP contribution in [0.1, 0.15) is 15.9 Å². The van der Waals surface area contributed by atoms with Gasteiger partial charge in [-0.15, -0.1) is 0 Å². The summed E-state index contributed by atoms with van der Waals surface area (Å²) in [5, 5.41) is 5.41. The Morgan fingerprint density at radius 2 is 1.38 bits per heavy atom. The minimum absolute atomic E-state index is 0.0595. The van der Waals surface area contributed by atoms with E-state index in [1.807, 2.05) is 72.8 Å². The average Bonchev–Trinajstić information content (AvgIpc) is 2.72. The maximum absolute atomic E-state index is 12.6. The summed E-state index contributed by atoms with van der Waals surface area (Å²) in [6, 6.07) is 32.2. The van der Waals surface area contributed by atoms with Crippen LogP contribution in [0.2, 0.25) is 0 Å². The third kappa shape index (κ3) is 3.35. The second-order valence-corrected chi connectivity index (χ2v) is 6.27. The van der Waals surface area contributed by atoms with Crippen molar-refractivity contribution in [2.45, 2.75) is 6.54 Å². The highest BCUT2D eigenvalue weighted by atomic mass is 16.1. The molecule has 2 nitrogen and oxygen atoms in total. The lowest BCUT2D eigenvalue weighted by Crippen LogP contribution is -2.22. The highest BCUT2D eigenvalue weighted by molar-refractivity contribution is 5.95. The van der Waals surface area contributed by atoms with Crippen molar-refractivity contribution in [3.05, 3.63) is 108 Å². The Labute approximate surface area is 153 Å². The van der Waals surface area contributed by atoms with Crippen molar-refractivity contribution in [1.82, 2.24) is 5.32 Å². The van der Waals surface area contributed by atoms with Gasteiger partial charge in [0.25, 0.3) is 5.91 Å². The van der Waals surface area contributed by atoms with Gasteiger partial charge in [-0.25, -0.2) is 0 Å². The first kappa shape index (κ1) is 16.1. The van der Waals surface area contributed by atoms with Crippen molar-refractivity contribution in [1.29, 1.82) is 0 Å². The molecule has 0 aliphatic carbocycles. The number of hydrogen-bond acceptors (Lipinski definition) is 1. The van der Waals surface area contributed by atoms with Crippen molar-refractivity contribution in [2.75, 3.05) is 0 Å². The van der Waals surface area contributed by atoms with Crippen molar-refractivity contribution < 1.29 is 4.79 Å². The van der Waals surface area contributed by atoms with Crippen LogP contribution in [0.25, 0.3) is 21.9 Å². The van der Waals surface area contributed by atoms with Gasteiger partial charge in [0, 0.05) is 12.1 Å². The molecular weight excluding hydrogens is 318 g/mol. The molecule has 4 rings (SSSR count). The van der Waals surface area contributed by atoms with Gasteiger partial charge in [0.15, 0.2) is 0 Å². The van der Waals surface area contributed by atoms with Crippen LogP contribution in [0.5, 0.6) is 0 Å². The second kappa shape index (κ2) is 7.24. The largest absolute Gasteiger partial charge is 0.348 e. The predicted octanol–water partition coefficient (Wildman–Crippen LogP) is 5.44. The topological polar surface area (TPSA) is 29.1 Å². The molecule has 4 aromatic rings. The molecule has 0 radical (unpaired) electrons. The van der Waals surface area contributed by atoms with Crippen LogP contribution in [-0.4, -0.2) is 5.91 Å². The van der Waals surface area contributed by atoms with E-state index in [0.29, 0.717) is 12.1 Å². The Bertz CT molecular complexity index is 1050. The van der Waals surface area contributed by atoms with E-state index in [4.69, 9.17) is 0 Å². The quantitative estimate of drug-likeness (QED) is 0.528. The first-order valence-electron chi connectivity index (χ1n) is 8.71. The summed E-state index contributed by atoms with van der Waals surface area (Å²) in [5.74, 6) is -0.0595. The van der Waals surface area contributed by atoms with Gasteiger partial charge >= 0.3 is 0 Å². The van der Waals surface area contributed by atoms with Crippen molar-refractivity contribution in [3.63, 3.8) is 0 Å². The maximum atomic E-state index is 12.6. The molecule has 0 atom stereocenters. The highest BCUT2D eigenvalue weighted by Gasteiger charge is 2.08. The molecule has 0 saturated heterocycles. The first-order chi connectivity index (χ1) is 12.8. The first-order valence-corrected chi connectivity index (χ1v) is 8.71. The van der Waals surface area contributed by atoms with Gasteiger partial charge in [-0.3, -0.25) is 4.79 Å². The molecule has 1 N–H and O–H groups in total. The van der Waals surface area contributed by atoms with Gasteiger partial charge in [0.1, 0.15) is 0 Å². The smallest absolute Gasteiger partial charge is 0.251 e. The van der Waals surface area contributed by atoms with Gasteiger partial charge in [-0.2, -0.15) is 0 Å². The van der Waals surface area contributed by atoms with Gasteiger partial charge in [-0.05, 0) is 39.6 Å². The molecule has 0 aromatic heterocycles. The molecule has 1 amide bonds. The number of carbonyl (C=O) groups excluding carboxylic acids is 1. The van der Waals surface area contributed by atoms with Gasteiger partial charge in [-0.1, -0.05) is 84.9 Å². The van der Waals surface area contributed by atoms with E-state index < -0.39 is 0 Å². The van der Waals surface area contributed by atoms with E-state index in [0.717, 1.165) is 16.7 Å². The molecule has 0 saturated carbocycles. The molecule has 0 heterocycles. The zero-order valence-corrected chi connectivity index (χ0v) is 14.4. The van der Waals surface area contributed by atoms with Crippen LogP contribution in [0.3, 0.4) is 0 Å². The molecule has 0 aliphatic rings. The van der Waals surface area contributed by atoms with E-state index in [1.165, 1.54) is 10.8 Å². The Balaban J connectivity index is 1.54. The fourth-order valence-corrected chi connectivity index (χ4v) is 3.19. The molecule has 126 valence electrons. The molecule has 0 fully saturated rings. The molecule has 0 spiro atoms. The van der Waals surface area contributed by atoms with Crippen LogP contribution in [0.4, 0.5) is 0 Å². The van der Waals surface area contributed by atoms with Crippen LogP contribution >= 0.6 is 0 Å². The predicted molar refractivity (Wildman–Crippen MR) is 107 cm³/mol. The Kier molecular flexibility index (Phi) is 4.48. The normalized spacial score (nSPS) is 10.6. The number of amides is 1. The number of fused-ring (bicyclic) bond motifs is 1. The summed E-state index contributed by atoms with van der Waals surface area (Å²) in [6.07, 6.45) is 0. The van der Waals surface area contributed by atoms with Crippen LogP contribution in [0.15, 0.2) is 97.1 Å². The SMILES string of the molecule is O=C(NCc1cccc2ccccc12)c1cccc(-c2ccccc2)c1. The summed E-state index contributed by atoms with van der Waals surface area (Å²) in [4.78, 5) is 12.6. The summed E-state index contributed by atoms with van der Waals surface area (Å²) in [6.45, 7) is 0.510. The van der Waals surface area contributed by atoms with Crippen molar-refractivity contribution in [2.24, 2.45) is 0 Å².